The van der Waals surface area contributed by atoms with E-state index in [9.17, 15) is 9.59 Å². The van der Waals surface area contributed by atoms with Crippen LogP contribution in [-0.4, -0.2) is 29.9 Å². The van der Waals surface area contributed by atoms with E-state index < -0.39 is 11.2 Å². The van der Waals surface area contributed by atoms with E-state index in [4.69, 9.17) is 0 Å². The number of hydrazone groups is 1. The highest BCUT2D eigenvalue weighted by Gasteiger charge is 2.18. The molecule has 0 bridgehead atoms. The molecule has 5 aromatic rings. The number of anilines is 1. The van der Waals surface area contributed by atoms with E-state index in [1.54, 1.807) is 31.1 Å². The number of nitrogens with one attached hydrogen (secondary N) is 1. The molecule has 9 heteroatoms. The van der Waals surface area contributed by atoms with Gasteiger partial charge in [0.1, 0.15) is 0 Å². The third-order valence-corrected chi connectivity index (χ3v) is 5.59. The molecule has 0 amide bonds. The van der Waals surface area contributed by atoms with Crippen molar-refractivity contribution in [1.82, 2.24) is 23.7 Å². The number of benzene rings is 2. The van der Waals surface area contributed by atoms with Gasteiger partial charge in [-0.1, -0.05) is 48.5 Å². The molecule has 164 valence electrons. The summed E-state index contributed by atoms with van der Waals surface area (Å²) in [7, 11) is 3.32. The minimum absolute atomic E-state index is 0.184. The molecule has 0 fully saturated rings. The number of hydrogen-bond acceptors (Lipinski definition) is 6. The zero-order valence-electron chi connectivity index (χ0n) is 18.1. The van der Waals surface area contributed by atoms with E-state index in [1.165, 1.54) is 9.13 Å². The number of pyridine rings is 1. The van der Waals surface area contributed by atoms with Gasteiger partial charge in [0.2, 0.25) is 5.95 Å². The van der Waals surface area contributed by atoms with Crippen LogP contribution in [0.1, 0.15) is 11.1 Å². The van der Waals surface area contributed by atoms with Gasteiger partial charge in [0.25, 0.3) is 5.56 Å². The quantitative estimate of drug-likeness (QED) is 0.335. The molecular formula is C24H21N7O2. The van der Waals surface area contributed by atoms with Crippen LogP contribution < -0.4 is 16.7 Å². The Balaban J connectivity index is 1.52. The van der Waals surface area contributed by atoms with Crippen molar-refractivity contribution in [3.05, 3.63) is 98.8 Å². The molecule has 3 aromatic heterocycles. The lowest BCUT2D eigenvalue weighted by molar-refractivity contribution is 0.655. The van der Waals surface area contributed by atoms with Gasteiger partial charge in [0.05, 0.1) is 18.3 Å². The zero-order chi connectivity index (χ0) is 22.9. The number of aromatic nitrogens is 5. The van der Waals surface area contributed by atoms with Gasteiger partial charge in [-0.15, -0.1) is 0 Å². The molecule has 9 nitrogen and oxygen atoms in total. The summed E-state index contributed by atoms with van der Waals surface area (Å²) in [5.74, 6) is 0.351. The van der Waals surface area contributed by atoms with Crippen LogP contribution in [0.15, 0.2) is 81.6 Å². The third-order valence-electron chi connectivity index (χ3n) is 5.59. The largest absolute Gasteiger partial charge is 0.332 e. The van der Waals surface area contributed by atoms with Gasteiger partial charge in [-0.3, -0.25) is 18.9 Å². The fourth-order valence-electron chi connectivity index (χ4n) is 3.84. The lowest BCUT2D eigenvalue weighted by Gasteiger charge is -2.08. The Hall–Kier alpha value is -4.53. The summed E-state index contributed by atoms with van der Waals surface area (Å²) in [4.78, 5) is 34.9. The van der Waals surface area contributed by atoms with Crippen LogP contribution in [-0.2, 0) is 20.6 Å². The molecule has 1 N–H and O–H groups in total. The summed E-state index contributed by atoms with van der Waals surface area (Å²) in [5, 5.41) is 5.28. The summed E-state index contributed by atoms with van der Waals surface area (Å²) < 4.78 is 4.21. The van der Waals surface area contributed by atoms with E-state index >= 15 is 0 Å². The second kappa shape index (κ2) is 8.19. The van der Waals surface area contributed by atoms with Crippen LogP contribution in [0.5, 0.6) is 0 Å². The lowest BCUT2D eigenvalue weighted by Crippen LogP contribution is -2.39. The first kappa shape index (κ1) is 20.4. The van der Waals surface area contributed by atoms with Crippen molar-refractivity contribution in [2.24, 2.45) is 19.2 Å². The molecule has 0 saturated carbocycles. The van der Waals surface area contributed by atoms with Crippen molar-refractivity contribution >= 4 is 34.2 Å². The first-order chi connectivity index (χ1) is 16.0. The van der Waals surface area contributed by atoms with Crippen molar-refractivity contribution in [2.75, 3.05) is 5.43 Å². The molecule has 0 atom stereocenters. The zero-order valence-corrected chi connectivity index (χ0v) is 18.1. The van der Waals surface area contributed by atoms with Gasteiger partial charge in [0, 0.05) is 31.2 Å². The highest BCUT2D eigenvalue weighted by atomic mass is 16.2. The van der Waals surface area contributed by atoms with Crippen molar-refractivity contribution in [2.45, 2.75) is 6.54 Å². The summed E-state index contributed by atoms with van der Waals surface area (Å²) in [6, 6.07) is 19.1. The van der Waals surface area contributed by atoms with Crippen LogP contribution >= 0.6 is 0 Å². The van der Waals surface area contributed by atoms with Gasteiger partial charge >= 0.3 is 5.69 Å². The van der Waals surface area contributed by atoms with Gasteiger partial charge in [-0.2, -0.15) is 10.1 Å². The minimum Gasteiger partial charge on any atom is -0.306 e. The van der Waals surface area contributed by atoms with E-state index in [0.717, 1.165) is 22.0 Å². The van der Waals surface area contributed by atoms with Crippen molar-refractivity contribution in [1.29, 1.82) is 0 Å². The van der Waals surface area contributed by atoms with E-state index in [1.807, 2.05) is 60.7 Å². The Morgan fingerprint density at radius 3 is 2.55 bits per heavy atom. The number of hydrogen-bond donors (Lipinski definition) is 1. The van der Waals surface area contributed by atoms with Crippen molar-refractivity contribution in [3.8, 4) is 0 Å². The molecule has 0 aliphatic heterocycles. The molecule has 0 spiro atoms. The molecule has 5 rings (SSSR count). The standard InChI is InChI=1S/C24H21N7O2/c1-29-20-21(30(2)24(33)31(22(20)32)15-16-8-4-3-5-9-16)27-23(29)28-26-14-17-12-13-25-19-11-7-6-10-18(17)19/h3-14H,15H2,1-2H3,(H,27,28)/b26-14+. The Kier molecular flexibility index (Phi) is 5.06. The fourth-order valence-corrected chi connectivity index (χ4v) is 3.84. The number of nitrogens with zero attached hydrogens (tertiary/aromatic N) is 6. The molecule has 0 radical (unpaired) electrons. The van der Waals surface area contributed by atoms with E-state index in [2.05, 4.69) is 20.5 Å². The van der Waals surface area contributed by atoms with E-state index in [-0.39, 0.29) is 6.54 Å². The topological polar surface area (TPSA) is 99.1 Å². The molecule has 0 aliphatic rings. The number of rotatable bonds is 5. The van der Waals surface area contributed by atoms with Crippen molar-refractivity contribution < 1.29 is 0 Å². The summed E-state index contributed by atoms with van der Waals surface area (Å²) >= 11 is 0. The van der Waals surface area contributed by atoms with Gasteiger partial charge in [0.15, 0.2) is 11.2 Å². The lowest BCUT2D eigenvalue weighted by atomic mass is 10.1. The summed E-state index contributed by atoms with van der Waals surface area (Å²) in [6.45, 7) is 0.184. The minimum atomic E-state index is -0.423. The van der Waals surface area contributed by atoms with Crippen LogP contribution in [0, 0.1) is 0 Å². The monoisotopic (exact) mass is 439 g/mol. The van der Waals surface area contributed by atoms with Crippen molar-refractivity contribution in [3.63, 3.8) is 0 Å². The average molecular weight is 439 g/mol. The second-order valence-corrected chi connectivity index (χ2v) is 7.67. The smallest absolute Gasteiger partial charge is 0.306 e. The molecule has 33 heavy (non-hydrogen) atoms. The maximum atomic E-state index is 13.2. The highest BCUT2D eigenvalue weighted by molar-refractivity contribution is 5.98. The number of aryl methyl sites for hydroxylation is 2. The normalized spacial score (nSPS) is 11.6. The molecule has 0 unspecified atom stereocenters. The SMILES string of the molecule is Cn1c(N/N=C/c2ccnc3ccccc23)nc2c1c(=O)n(Cc1ccccc1)c(=O)n2C. The number of para-hydroxylation sites is 1. The molecule has 0 aliphatic carbocycles. The Bertz CT molecular complexity index is 1620. The Morgan fingerprint density at radius 2 is 1.73 bits per heavy atom. The van der Waals surface area contributed by atoms with Gasteiger partial charge in [-0.05, 0) is 17.7 Å². The van der Waals surface area contributed by atoms with Crippen LogP contribution in [0.4, 0.5) is 5.95 Å². The first-order valence-corrected chi connectivity index (χ1v) is 10.4. The van der Waals surface area contributed by atoms with Crippen LogP contribution in [0.25, 0.3) is 22.1 Å². The second-order valence-electron chi connectivity index (χ2n) is 7.67. The third kappa shape index (κ3) is 3.59. The number of imidazole rings is 1. The number of fused-ring (bicyclic) bond motifs is 2. The maximum Gasteiger partial charge on any atom is 0.332 e. The first-order valence-electron chi connectivity index (χ1n) is 10.4. The highest BCUT2D eigenvalue weighted by Crippen LogP contribution is 2.16. The van der Waals surface area contributed by atoms with Gasteiger partial charge in [-0.25, -0.2) is 10.2 Å². The predicted octanol–water partition coefficient (Wildman–Crippen LogP) is 2.48. The maximum absolute atomic E-state index is 13.2. The fraction of sp³-hybridized carbons (Fsp3) is 0.125. The van der Waals surface area contributed by atoms with Crippen LogP contribution in [0.2, 0.25) is 0 Å². The summed E-state index contributed by atoms with van der Waals surface area (Å²) in [6.07, 6.45) is 3.40. The molecular weight excluding hydrogens is 418 g/mol. The Morgan fingerprint density at radius 1 is 0.970 bits per heavy atom. The summed E-state index contributed by atoms with van der Waals surface area (Å²) in [5.41, 5.74) is 5.32. The van der Waals surface area contributed by atoms with Gasteiger partial charge < -0.3 is 4.57 Å². The predicted molar refractivity (Wildman–Crippen MR) is 129 cm³/mol. The van der Waals surface area contributed by atoms with Crippen LogP contribution in [0.3, 0.4) is 0 Å². The van der Waals surface area contributed by atoms with E-state index in [0.29, 0.717) is 17.1 Å². The molecule has 2 aromatic carbocycles. The average Bonchev–Trinajstić information content (AvgIpc) is 3.17. The molecule has 0 saturated heterocycles. The molecule has 3 heterocycles. The Labute approximate surface area is 188 Å².